The number of hydrogen-bond donors (Lipinski definition) is 4. The van der Waals surface area contributed by atoms with Crippen molar-refractivity contribution in [2.45, 2.75) is 26.7 Å². The fraction of sp³-hybridized carbons (Fsp3) is 0.857. The smallest absolute Gasteiger partial charge is 0.379 e. The van der Waals surface area contributed by atoms with Crippen molar-refractivity contribution in [2.75, 3.05) is 12.4 Å². The van der Waals surface area contributed by atoms with Crippen LogP contribution in [0, 0.1) is 5.41 Å². The summed E-state index contributed by atoms with van der Waals surface area (Å²) in [7, 11) is -4.18. The van der Waals surface area contributed by atoms with Gasteiger partial charge < -0.3 is 15.5 Å². The molecule has 0 aromatic carbocycles. The van der Waals surface area contributed by atoms with E-state index in [1.807, 2.05) is 0 Å². The Morgan fingerprint density at radius 1 is 1.47 bits per heavy atom. The summed E-state index contributed by atoms with van der Waals surface area (Å²) in [5.41, 5.74) is 5.02. The standard InChI is InChI=1S/C4H10N2S.C3H9O4P/c1-2-3-7-4(5)6;1-2-3-7-8(4,5)6/h2-3H2,1H3,(H3,5,6);2-3H2,1H3,(H2,4,5,6). The summed E-state index contributed by atoms with van der Waals surface area (Å²) in [6, 6.07) is 0. The molecule has 5 N–H and O–H groups in total. The van der Waals surface area contributed by atoms with Crippen molar-refractivity contribution in [1.82, 2.24) is 0 Å². The maximum Gasteiger partial charge on any atom is 0.469 e. The number of nitrogens with two attached hydrogens (primary N) is 1. The summed E-state index contributed by atoms with van der Waals surface area (Å²) in [5, 5.41) is 6.96. The van der Waals surface area contributed by atoms with Gasteiger partial charge in [-0.3, -0.25) is 9.93 Å². The van der Waals surface area contributed by atoms with E-state index < -0.39 is 7.82 Å². The van der Waals surface area contributed by atoms with Gasteiger partial charge in [0.2, 0.25) is 0 Å². The number of amidine groups is 1. The molecule has 0 bridgehead atoms. The van der Waals surface area contributed by atoms with Gasteiger partial charge in [0.15, 0.2) is 5.17 Å². The summed E-state index contributed by atoms with van der Waals surface area (Å²) in [5.74, 6) is 0.968. The van der Waals surface area contributed by atoms with Gasteiger partial charge in [0.1, 0.15) is 0 Å². The quantitative estimate of drug-likeness (QED) is 0.337. The second-order valence-corrected chi connectivity index (χ2v) is 4.91. The van der Waals surface area contributed by atoms with Gasteiger partial charge in [0, 0.05) is 5.75 Å². The number of phosphoric acid groups is 1. The average molecular weight is 258 g/mol. The van der Waals surface area contributed by atoms with Crippen LogP contribution in [0.1, 0.15) is 26.7 Å². The topological polar surface area (TPSA) is 117 Å². The molecule has 8 heteroatoms. The van der Waals surface area contributed by atoms with Gasteiger partial charge in [0.05, 0.1) is 6.61 Å². The highest BCUT2D eigenvalue weighted by molar-refractivity contribution is 8.13. The molecule has 15 heavy (non-hydrogen) atoms. The monoisotopic (exact) mass is 258 g/mol. The van der Waals surface area contributed by atoms with E-state index in [2.05, 4.69) is 11.4 Å². The molecule has 0 radical (unpaired) electrons. The third-order valence-corrected chi connectivity index (χ3v) is 2.37. The van der Waals surface area contributed by atoms with E-state index in [0.717, 1.165) is 12.2 Å². The Morgan fingerprint density at radius 2 is 2.00 bits per heavy atom. The molecule has 0 atom stereocenters. The van der Waals surface area contributed by atoms with Crippen molar-refractivity contribution in [3.05, 3.63) is 0 Å². The van der Waals surface area contributed by atoms with E-state index in [0.29, 0.717) is 6.42 Å². The lowest BCUT2D eigenvalue weighted by molar-refractivity contribution is 0.197. The minimum Gasteiger partial charge on any atom is -0.379 e. The van der Waals surface area contributed by atoms with E-state index in [9.17, 15) is 4.57 Å². The van der Waals surface area contributed by atoms with Crippen LogP contribution in [-0.4, -0.2) is 27.3 Å². The van der Waals surface area contributed by atoms with Gasteiger partial charge in [-0.2, -0.15) is 0 Å². The second kappa shape index (κ2) is 10.4. The van der Waals surface area contributed by atoms with Crippen molar-refractivity contribution in [2.24, 2.45) is 5.73 Å². The first-order valence-corrected chi connectivity index (χ1v) is 7.02. The summed E-state index contributed by atoms with van der Waals surface area (Å²) in [4.78, 5) is 16.1. The maximum atomic E-state index is 9.86. The lowest BCUT2D eigenvalue weighted by Crippen LogP contribution is -2.03. The van der Waals surface area contributed by atoms with Crippen LogP contribution in [0.25, 0.3) is 0 Å². The highest BCUT2D eigenvalue weighted by atomic mass is 32.2. The molecule has 0 saturated carbocycles. The van der Waals surface area contributed by atoms with Gasteiger partial charge >= 0.3 is 7.82 Å². The van der Waals surface area contributed by atoms with E-state index >= 15 is 0 Å². The van der Waals surface area contributed by atoms with Crippen molar-refractivity contribution < 1.29 is 18.9 Å². The first kappa shape index (κ1) is 17.3. The van der Waals surface area contributed by atoms with Crippen LogP contribution in [0.2, 0.25) is 0 Å². The molecule has 0 aromatic heterocycles. The molecule has 0 aliphatic heterocycles. The van der Waals surface area contributed by atoms with Gasteiger partial charge in [-0.25, -0.2) is 4.57 Å². The third-order valence-electron chi connectivity index (χ3n) is 0.925. The lowest BCUT2D eigenvalue weighted by atomic mass is 10.5. The normalized spacial score (nSPS) is 10.4. The Kier molecular flexibility index (Phi) is 12.1. The molecule has 0 unspecified atom stereocenters. The number of nitrogens with one attached hydrogen (secondary N) is 1. The summed E-state index contributed by atoms with van der Waals surface area (Å²) >= 11 is 1.39. The molecule has 0 spiro atoms. The van der Waals surface area contributed by atoms with Gasteiger partial charge in [-0.1, -0.05) is 25.6 Å². The largest absolute Gasteiger partial charge is 0.469 e. The zero-order valence-electron chi connectivity index (χ0n) is 8.97. The number of rotatable bonds is 5. The van der Waals surface area contributed by atoms with Crippen molar-refractivity contribution >= 4 is 24.8 Å². The molecule has 0 amide bonds. The summed E-state index contributed by atoms with van der Waals surface area (Å²) in [6.07, 6.45) is 1.70. The molecule has 0 heterocycles. The molecular formula is C7H19N2O4PS. The van der Waals surface area contributed by atoms with E-state index in [4.69, 9.17) is 20.9 Å². The molecular weight excluding hydrogens is 239 g/mol. The Morgan fingerprint density at radius 3 is 2.13 bits per heavy atom. The van der Waals surface area contributed by atoms with Crippen LogP contribution in [0.15, 0.2) is 0 Å². The Labute approximate surface area is 94.3 Å². The highest BCUT2D eigenvalue weighted by Gasteiger charge is 2.11. The predicted molar refractivity (Wildman–Crippen MR) is 63.0 cm³/mol. The molecule has 0 aromatic rings. The molecule has 0 fully saturated rings. The first-order valence-electron chi connectivity index (χ1n) is 4.50. The molecule has 92 valence electrons. The van der Waals surface area contributed by atoms with Crippen LogP contribution < -0.4 is 5.73 Å². The van der Waals surface area contributed by atoms with Crippen molar-refractivity contribution in [3.63, 3.8) is 0 Å². The molecule has 0 aliphatic rings. The number of phosphoric ester groups is 1. The molecule has 0 saturated heterocycles. The Balaban J connectivity index is 0. The molecule has 0 aliphatic carbocycles. The molecule has 0 rings (SSSR count). The van der Waals surface area contributed by atoms with E-state index in [1.165, 1.54) is 11.8 Å². The molecule has 6 nitrogen and oxygen atoms in total. The lowest BCUT2D eigenvalue weighted by Gasteiger charge is -2.00. The minimum absolute atomic E-state index is 0.115. The Hall–Kier alpha value is -0.0700. The van der Waals surface area contributed by atoms with Gasteiger partial charge in [-0.15, -0.1) is 0 Å². The highest BCUT2D eigenvalue weighted by Crippen LogP contribution is 2.35. The van der Waals surface area contributed by atoms with Crippen molar-refractivity contribution in [3.8, 4) is 0 Å². The average Bonchev–Trinajstić information content (AvgIpc) is 2.11. The SMILES string of the molecule is CCCOP(=O)(O)O.CCCSC(=N)N. The first-order chi connectivity index (χ1) is 6.83. The number of hydrogen-bond acceptors (Lipinski definition) is 4. The zero-order chi connectivity index (χ0) is 12.3. The Bertz CT molecular complexity index is 209. The minimum atomic E-state index is -4.18. The van der Waals surface area contributed by atoms with E-state index in [1.54, 1.807) is 6.92 Å². The van der Waals surface area contributed by atoms with E-state index in [-0.39, 0.29) is 11.8 Å². The zero-order valence-corrected chi connectivity index (χ0v) is 10.7. The van der Waals surface area contributed by atoms with Crippen LogP contribution in [0.5, 0.6) is 0 Å². The number of thioether (sulfide) groups is 1. The maximum absolute atomic E-state index is 9.86. The van der Waals surface area contributed by atoms with Crippen LogP contribution in [0.3, 0.4) is 0 Å². The summed E-state index contributed by atoms with van der Waals surface area (Å²) < 4.78 is 13.9. The van der Waals surface area contributed by atoms with Gasteiger partial charge in [-0.05, 0) is 12.8 Å². The van der Waals surface area contributed by atoms with Crippen LogP contribution in [0.4, 0.5) is 0 Å². The van der Waals surface area contributed by atoms with Crippen molar-refractivity contribution in [1.29, 1.82) is 5.41 Å². The van der Waals surface area contributed by atoms with Crippen LogP contribution in [-0.2, 0) is 9.09 Å². The second-order valence-electron chi connectivity index (χ2n) is 2.54. The fourth-order valence-corrected chi connectivity index (χ4v) is 1.27. The van der Waals surface area contributed by atoms with Crippen LogP contribution >= 0.6 is 19.6 Å². The third kappa shape index (κ3) is 24.9. The predicted octanol–water partition coefficient (Wildman–Crippen LogP) is 1.53. The summed E-state index contributed by atoms with van der Waals surface area (Å²) in [6.45, 7) is 3.95. The van der Waals surface area contributed by atoms with Gasteiger partial charge in [0.25, 0.3) is 0 Å². The fourth-order valence-electron chi connectivity index (χ4n) is 0.422.